The smallest absolute Gasteiger partial charge is 0.352 e. The van der Waals surface area contributed by atoms with Crippen molar-refractivity contribution in [1.82, 2.24) is 4.57 Å². The molecule has 0 amide bonds. The first-order valence-corrected chi connectivity index (χ1v) is 6.84. The molecule has 0 fully saturated rings. The molecule has 104 valence electrons. The Morgan fingerprint density at radius 3 is 2.15 bits per heavy atom. The van der Waals surface area contributed by atoms with Gasteiger partial charge < -0.3 is 9.67 Å². The number of aryl methyl sites for hydroxylation is 2. The number of halogens is 1. The van der Waals surface area contributed by atoms with Gasteiger partial charge in [0.25, 0.3) is 0 Å². The SMILES string of the molecule is CC(=O)c1cc(C(=O)O)n(-c2c(C)cc(Br)cc2C)c1. The van der Waals surface area contributed by atoms with E-state index in [0.717, 1.165) is 21.3 Å². The van der Waals surface area contributed by atoms with E-state index in [-0.39, 0.29) is 11.5 Å². The van der Waals surface area contributed by atoms with Gasteiger partial charge in [0.15, 0.2) is 5.78 Å². The lowest BCUT2D eigenvalue weighted by atomic mass is 10.1. The maximum absolute atomic E-state index is 11.5. The fourth-order valence-electron chi connectivity index (χ4n) is 2.29. The third kappa shape index (κ3) is 2.54. The van der Waals surface area contributed by atoms with E-state index in [2.05, 4.69) is 15.9 Å². The average molecular weight is 336 g/mol. The molecule has 0 atom stereocenters. The monoisotopic (exact) mass is 335 g/mol. The summed E-state index contributed by atoms with van der Waals surface area (Å²) in [7, 11) is 0. The summed E-state index contributed by atoms with van der Waals surface area (Å²) in [5.41, 5.74) is 3.14. The minimum Gasteiger partial charge on any atom is -0.477 e. The Morgan fingerprint density at radius 2 is 1.70 bits per heavy atom. The summed E-state index contributed by atoms with van der Waals surface area (Å²) in [4.78, 5) is 22.9. The van der Waals surface area contributed by atoms with Crippen molar-refractivity contribution in [3.05, 3.63) is 51.3 Å². The highest BCUT2D eigenvalue weighted by Gasteiger charge is 2.18. The van der Waals surface area contributed by atoms with Crippen LogP contribution < -0.4 is 0 Å². The van der Waals surface area contributed by atoms with Gasteiger partial charge in [0.2, 0.25) is 0 Å². The van der Waals surface area contributed by atoms with E-state index in [1.807, 2.05) is 26.0 Å². The number of Topliss-reactive ketones (excluding diaryl/α,β-unsaturated/α-hetero) is 1. The fourth-order valence-corrected chi connectivity index (χ4v) is 2.97. The zero-order valence-corrected chi connectivity index (χ0v) is 13.0. The summed E-state index contributed by atoms with van der Waals surface area (Å²) in [5.74, 6) is -1.21. The molecular weight excluding hydrogens is 322 g/mol. The quantitative estimate of drug-likeness (QED) is 0.869. The van der Waals surface area contributed by atoms with Gasteiger partial charge in [-0.2, -0.15) is 0 Å². The third-order valence-electron chi connectivity index (χ3n) is 3.14. The molecule has 2 rings (SSSR count). The van der Waals surface area contributed by atoms with Gasteiger partial charge in [-0.05, 0) is 50.1 Å². The molecule has 0 unspecified atom stereocenters. The van der Waals surface area contributed by atoms with Gasteiger partial charge in [-0.1, -0.05) is 15.9 Å². The standard InChI is InChI=1S/C15H14BrNO3/c1-8-4-12(16)5-9(2)14(8)17-7-11(10(3)18)6-13(17)15(19)20/h4-7H,1-3H3,(H,19,20). The Bertz CT molecular complexity index is 693. The predicted octanol–water partition coefficient (Wildman–Crippen LogP) is 3.76. The second-order valence-electron chi connectivity index (χ2n) is 4.73. The van der Waals surface area contributed by atoms with Gasteiger partial charge >= 0.3 is 5.97 Å². The average Bonchev–Trinajstić information content (AvgIpc) is 2.72. The number of carboxylic acid groups (broad SMARTS) is 1. The summed E-state index contributed by atoms with van der Waals surface area (Å²) < 4.78 is 2.50. The Labute approximate surface area is 125 Å². The lowest BCUT2D eigenvalue weighted by Crippen LogP contribution is -2.08. The van der Waals surface area contributed by atoms with Crippen LogP contribution in [-0.2, 0) is 0 Å². The van der Waals surface area contributed by atoms with E-state index in [0.29, 0.717) is 5.56 Å². The molecule has 1 aromatic heterocycles. The molecule has 0 aliphatic carbocycles. The molecule has 1 N–H and O–H groups in total. The molecule has 2 aromatic rings. The fraction of sp³-hybridized carbons (Fsp3) is 0.200. The number of rotatable bonds is 3. The zero-order valence-electron chi connectivity index (χ0n) is 11.4. The molecule has 1 heterocycles. The number of carbonyl (C=O) groups is 2. The van der Waals surface area contributed by atoms with Crippen LogP contribution in [0, 0.1) is 13.8 Å². The first-order chi connectivity index (χ1) is 9.31. The minimum absolute atomic E-state index is 0.0868. The van der Waals surface area contributed by atoms with Crippen LogP contribution in [0.15, 0.2) is 28.9 Å². The number of hydrogen-bond donors (Lipinski definition) is 1. The van der Waals surface area contributed by atoms with Crippen molar-refractivity contribution in [2.75, 3.05) is 0 Å². The van der Waals surface area contributed by atoms with Crippen LogP contribution in [-0.4, -0.2) is 21.4 Å². The van der Waals surface area contributed by atoms with Crippen LogP contribution in [0.25, 0.3) is 5.69 Å². The van der Waals surface area contributed by atoms with Crippen molar-refractivity contribution in [1.29, 1.82) is 0 Å². The highest BCUT2D eigenvalue weighted by Crippen LogP contribution is 2.26. The van der Waals surface area contributed by atoms with E-state index < -0.39 is 5.97 Å². The summed E-state index contributed by atoms with van der Waals surface area (Å²) >= 11 is 3.42. The molecule has 4 nitrogen and oxygen atoms in total. The van der Waals surface area contributed by atoms with Crippen LogP contribution in [0.5, 0.6) is 0 Å². The number of aromatic nitrogens is 1. The second kappa shape index (κ2) is 5.25. The summed E-state index contributed by atoms with van der Waals surface area (Å²) in [5, 5.41) is 9.32. The van der Waals surface area contributed by atoms with Gasteiger partial charge in [-0.15, -0.1) is 0 Å². The van der Waals surface area contributed by atoms with Crippen LogP contribution in [0.2, 0.25) is 0 Å². The van der Waals surface area contributed by atoms with Gasteiger partial charge in [-0.3, -0.25) is 4.79 Å². The lowest BCUT2D eigenvalue weighted by Gasteiger charge is -2.13. The first kappa shape index (κ1) is 14.5. The predicted molar refractivity (Wildman–Crippen MR) is 79.9 cm³/mol. The number of aromatic carboxylic acids is 1. The molecule has 0 bridgehead atoms. The zero-order chi connectivity index (χ0) is 15.0. The van der Waals surface area contributed by atoms with Crippen LogP contribution in [0.1, 0.15) is 38.9 Å². The highest BCUT2D eigenvalue weighted by atomic mass is 79.9. The normalized spacial score (nSPS) is 10.6. The Kier molecular flexibility index (Phi) is 3.81. The second-order valence-corrected chi connectivity index (χ2v) is 5.65. The topological polar surface area (TPSA) is 59.3 Å². The third-order valence-corrected chi connectivity index (χ3v) is 3.60. The van der Waals surface area contributed by atoms with E-state index in [9.17, 15) is 14.7 Å². The molecule has 0 aliphatic heterocycles. The Hall–Kier alpha value is -1.88. The van der Waals surface area contributed by atoms with Crippen molar-refractivity contribution in [2.45, 2.75) is 20.8 Å². The van der Waals surface area contributed by atoms with Gasteiger partial charge in [0.05, 0.1) is 5.69 Å². The molecule has 0 radical (unpaired) electrons. The summed E-state index contributed by atoms with van der Waals surface area (Å²) in [6.07, 6.45) is 1.58. The van der Waals surface area contributed by atoms with E-state index >= 15 is 0 Å². The van der Waals surface area contributed by atoms with E-state index in [1.165, 1.54) is 13.0 Å². The molecule has 0 spiro atoms. The number of ketones is 1. The molecule has 0 saturated heterocycles. The molecular formula is C15H14BrNO3. The van der Waals surface area contributed by atoms with Crippen molar-refractivity contribution >= 4 is 27.7 Å². The van der Waals surface area contributed by atoms with Crippen molar-refractivity contribution in [3.63, 3.8) is 0 Å². The molecule has 1 aromatic carbocycles. The number of nitrogens with zero attached hydrogens (tertiary/aromatic N) is 1. The van der Waals surface area contributed by atoms with Crippen molar-refractivity contribution in [3.8, 4) is 5.69 Å². The maximum atomic E-state index is 11.5. The van der Waals surface area contributed by atoms with Crippen molar-refractivity contribution in [2.24, 2.45) is 0 Å². The van der Waals surface area contributed by atoms with Gasteiger partial charge in [0.1, 0.15) is 5.69 Å². The number of benzene rings is 1. The van der Waals surface area contributed by atoms with Gasteiger partial charge in [-0.25, -0.2) is 4.79 Å². The summed E-state index contributed by atoms with van der Waals surface area (Å²) in [6.45, 7) is 5.24. The molecule has 20 heavy (non-hydrogen) atoms. The molecule has 0 saturated carbocycles. The highest BCUT2D eigenvalue weighted by molar-refractivity contribution is 9.10. The number of hydrogen-bond acceptors (Lipinski definition) is 2. The van der Waals surface area contributed by atoms with Crippen molar-refractivity contribution < 1.29 is 14.7 Å². The van der Waals surface area contributed by atoms with Crippen LogP contribution in [0.4, 0.5) is 0 Å². The van der Waals surface area contributed by atoms with E-state index in [1.54, 1.807) is 10.8 Å². The maximum Gasteiger partial charge on any atom is 0.352 e. The Balaban J connectivity index is 2.75. The summed E-state index contributed by atoms with van der Waals surface area (Å²) in [6, 6.07) is 5.24. The largest absolute Gasteiger partial charge is 0.477 e. The first-order valence-electron chi connectivity index (χ1n) is 6.05. The molecule has 0 aliphatic rings. The minimum atomic E-state index is -1.06. The Morgan fingerprint density at radius 1 is 1.15 bits per heavy atom. The van der Waals surface area contributed by atoms with Gasteiger partial charge in [0, 0.05) is 16.2 Å². The lowest BCUT2D eigenvalue weighted by molar-refractivity contribution is 0.0688. The van der Waals surface area contributed by atoms with Crippen LogP contribution >= 0.6 is 15.9 Å². The van der Waals surface area contributed by atoms with E-state index in [4.69, 9.17) is 0 Å². The molecule has 5 heteroatoms. The number of carbonyl (C=O) groups excluding carboxylic acids is 1. The number of carboxylic acids is 1. The van der Waals surface area contributed by atoms with Crippen LogP contribution in [0.3, 0.4) is 0 Å².